The van der Waals surface area contributed by atoms with Crippen molar-refractivity contribution in [3.8, 4) is 0 Å². The summed E-state index contributed by atoms with van der Waals surface area (Å²) in [6.45, 7) is 0. The highest BCUT2D eigenvalue weighted by molar-refractivity contribution is 9.09. The zero-order chi connectivity index (χ0) is 7.94. The molecule has 0 bridgehead atoms. The molecule has 0 unspecified atom stereocenters. The Kier molecular flexibility index (Phi) is 4.47. The topological polar surface area (TPSA) is 12.9 Å². The number of hydrogen-bond acceptors (Lipinski definition) is 2. The fourth-order valence-electron chi connectivity index (χ4n) is 0.719. The highest BCUT2D eigenvalue weighted by Gasteiger charge is 1.88. The van der Waals surface area contributed by atoms with Gasteiger partial charge in [-0.05, 0) is 6.42 Å². The molecule has 0 saturated carbocycles. The van der Waals surface area contributed by atoms with Crippen LogP contribution in [0, 0.1) is 0 Å². The van der Waals surface area contributed by atoms with E-state index in [1.165, 1.54) is 5.01 Å². The van der Waals surface area contributed by atoms with Crippen LogP contribution >= 0.6 is 27.3 Å². The summed E-state index contributed by atoms with van der Waals surface area (Å²) in [5.41, 5.74) is 0. The smallest absolute Gasteiger partial charge is 0.0962 e. The third-order valence-electron chi connectivity index (χ3n) is 1.22. The lowest BCUT2D eigenvalue weighted by molar-refractivity contribution is 1.16. The Morgan fingerprint density at radius 2 is 2.45 bits per heavy atom. The van der Waals surface area contributed by atoms with E-state index in [0.717, 1.165) is 18.2 Å². The van der Waals surface area contributed by atoms with E-state index in [1.807, 2.05) is 11.6 Å². The van der Waals surface area contributed by atoms with Crippen LogP contribution in [0.3, 0.4) is 0 Å². The molecular weight excluding hydrogens is 222 g/mol. The van der Waals surface area contributed by atoms with Gasteiger partial charge in [0, 0.05) is 23.3 Å². The second-order valence-electron chi connectivity index (χ2n) is 2.08. The maximum absolute atomic E-state index is 4.17. The number of allylic oxidation sites excluding steroid dienone is 2. The largest absolute Gasteiger partial charge is 0.249 e. The van der Waals surface area contributed by atoms with Gasteiger partial charge in [-0.15, -0.1) is 11.3 Å². The van der Waals surface area contributed by atoms with Crippen LogP contribution in [0.2, 0.25) is 0 Å². The molecule has 1 nitrogen and oxygen atoms in total. The first-order valence-electron chi connectivity index (χ1n) is 3.53. The Bertz CT molecular complexity index is 206. The van der Waals surface area contributed by atoms with E-state index in [2.05, 4.69) is 33.1 Å². The molecule has 1 heterocycles. The molecule has 0 amide bonds. The van der Waals surface area contributed by atoms with Gasteiger partial charge in [-0.25, -0.2) is 4.98 Å². The lowest BCUT2D eigenvalue weighted by atomic mass is 10.3. The Morgan fingerprint density at radius 3 is 3.09 bits per heavy atom. The quantitative estimate of drug-likeness (QED) is 0.574. The van der Waals surface area contributed by atoms with Crippen LogP contribution in [-0.4, -0.2) is 10.3 Å². The molecule has 0 atom stereocenters. The average molecular weight is 232 g/mol. The summed E-state index contributed by atoms with van der Waals surface area (Å²) in [5, 5.41) is 4.24. The summed E-state index contributed by atoms with van der Waals surface area (Å²) < 4.78 is 0. The number of alkyl halides is 1. The van der Waals surface area contributed by atoms with Crippen LogP contribution in [0.5, 0.6) is 0 Å². The van der Waals surface area contributed by atoms with Crippen LogP contribution in [0.15, 0.2) is 23.7 Å². The normalized spacial score (nSPS) is 11.0. The second-order valence-corrected chi connectivity index (χ2v) is 3.85. The summed E-state index contributed by atoms with van der Waals surface area (Å²) in [6.07, 6.45) is 8.27. The van der Waals surface area contributed by atoms with E-state index in [0.29, 0.717) is 0 Å². The molecule has 0 aliphatic rings. The van der Waals surface area contributed by atoms with Gasteiger partial charge in [0.2, 0.25) is 0 Å². The van der Waals surface area contributed by atoms with Gasteiger partial charge in [0.25, 0.3) is 0 Å². The molecule has 0 aliphatic carbocycles. The van der Waals surface area contributed by atoms with Crippen molar-refractivity contribution in [2.75, 3.05) is 5.33 Å². The maximum Gasteiger partial charge on any atom is 0.0962 e. The van der Waals surface area contributed by atoms with Gasteiger partial charge >= 0.3 is 0 Å². The lowest BCUT2D eigenvalue weighted by Gasteiger charge is -1.85. The fourth-order valence-corrected chi connectivity index (χ4v) is 1.58. The minimum Gasteiger partial charge on any atom is -0.249 e. The zero-order valence-electron chi connectivity index (χ0n) is 6.16. The molecule has 1 aromatic heterocycles. The molecule has 60 valence electrons. The molecule has 0 aliphatic heterocycles. The molecule has 0 fully saturated rings. The van der Waals surface area contributed by atoms with Crippen LogP contribution in [0.1, 0.15) is 11.4 Å². The van der Waals surface area contributed by atoms with Gasteiger partial charge < -0.3 is 0 Å². The Hall–Kier alpha value is -0.150. The summed E-state index contributed by atoms with van der Waals surface area (Å²) in [7, 11) is 0. The number of rotatable bonds is 4. The molecule has 0 N–H and O–H groups in total. The van der Waals surface area contributed by atoms with Gasteiger partial charge in [0.15, 0.2) is 0 Å². The van der Waals surface area contributed by atoms with Crippen molar-refractivity contribution in [3.05, 3.63) is 28.7 Å². The van der Waals surface area contributed by atoms with Crippen molar-refractivity contribution in [1.82, 2.24) is 4.98 Å². The van der Waals surface area contributed by atoms with Gasteiger partial charge in [0.05, 0.1) is 5.01 Å². The highest BCUT2D eigenvalue weighted by Crippen LogP contribution is 2.05. The minimum atomic E-state index is 0.977. The molecule has 1 rings (SSSR count). The lowest BCUT2D eigenvalue weighted by Crippen LogP contribution is -1.76. The van der Waals surface area contributed by atoms with Gasteiger partial charge in [-0.1, -0.05) is 28.1 Å². The van der Waals surface area contributed by atoms with Gasteiger partial charge in [0.1, 0.15) is 0 Å². The molecule has 3 heteroatoms. The number of hydrogen-bond donors (Lipinski definition) is 0. The molecule has 11 heavy (non-hydrogen) atoms. The van der Waals surface area contributed by atoms with Crippen molar-refractivity contribution in [2.24, 2.45) is 0 Å². The summed E-state index contributed by atoms with van der Waals surface area (Å²) in [5.74, 6) is 0. The van der Waals surface area contributed by atoms with Crippen molar-refractivity contribution in [3.63, 3.8) is 0 Å². The standard InChI is InChI=1S/C8H10BrNS/c9-5-3-1-2-4-8-10-6-7-11-8/h1-2,6-7H,3-5H2. The third-order valence-corrected chi connectivity index (χ3v) is 2.48. The Balaban J connectivity index is 2.23. The predicted octanol–water partition coefficient (Wildman–Crippen LogP) is 3.03. The average Bonchev–Trinajstić information content (AvgIpc) is 2.50. The predicted molar refractivity (Wildman–Crippen MR) is 53.4 cm³/mol. The van der Waals surface area contributed by atoms with E-state index >= 15 is 0 Å². The monoisotopic (exact) mass is 231 g/mol. The van der Waals surface area contributed by atoms with E-state index < -0.39 is 0 Å². The summed E-state index contributed by atoms with van der Waals surface area (Å²) in [4.78, 5) is 4.17. The highest BCUT2D eigenvalue weighted by atomic mass is 79.9. The van der Waals surface area contributed by atoms with Crippen molar-refractivity contribution in [2.45, 2.75) is 12.8 Å². The van der Waals surface area contributed by atoms with Crippen LogP contribution in [0.25, 0.3) is 0 Å². The van der Waals surface area contributed by atoms with Gasteiger partial charge in [-0.2, -0.15) is 0 Å². The number of halogens is 1. The molecule has 0 saturated heterocycles. The van der Waals surface area contributed by atoms with E-state index in [4.69, 9.17) is 0 Å². The SMILES string of the molecule is BrCCC=CCc1nccs1. The van der Waals surface area contributed by atoms with Crippen molar-refractivity contribution in [1.29, 1.82) is 0 Å². The molecule has 0 radical (unpaired) electrons. The minimum absolute atomic E-state index is 0.977. The number of aromatic nitrogens is 1. The molecule has 0 aromatic carbocycles. The Labute approximate surface area is 79.3 Å². The Morgan fingerprint density at radius 1 is 1.55 bits per heavy atom. The zero-order valence-corrected chi connectivity index (χ0v) is 8.57. The first-order valence-corrected chi connectivity index (χ1v) is 5.53. The third kappa shape index (κ3) is 3.68. The second kappa shape index (κ2) is 5.49. The van der Waals surface area contributed by atoms with E-state index in [1.54, 1.807) is 11.3 Å². The van der Waals surface area contributed by atoms with E-state index in [-0.39, 0.29) is 0 Å². The van der Waals surface area contributed by atoms with Gasteiger partial charge in [-0.3, -0.25) is 0 Å². The summed E-state index contributed by atoms with van der Waals surface area (Å²) in [6, 6.07) is 0. The molecular formula is C8H10BrNS. The van der Waals surface area contributed by atoms with Crippen LogP contribution in [0.4, 0.5) is 0 Å². The molecule has 1 aromatic rings. The summed E-state index contributed by atoms with van der Waals surface area (Å²) >= 11 is 5.07. The first-order chi connectivity index (χ1) is 5.43. The number of thiazole rings is 1. The molecule has 0 spiro atoms. The maximum atomic E-state index is 4.17. The van der Waals surface area contributed by atoms with E-state index in [9.17, 15) is 0 Å². The first kappa shape index (κ1) is 8.94. The van der Waals surface area contributed by atoms with Crippen LogP contribution in [-0.2, 0) is 6.42 Å². The fraction of sp³-hybridized carbons (Fsp3) is 0.375. The van der Waals surface area contributed by atoms with Crippen LogP contribution < -0.4 is 0 Å². The number of nitrogens with zero attached hydrogens (tertiary/aromatic N) is 1. The van der Waals surface area contributed by atoms with Crippen molar-refractivity contribution < 1.29 is 0 Å². The van der Waals surface area contributed by atoms with Crippen molar-refractivity contribution >= 4 is 27.3 Å².